The van der Waals surface area contributed by atoms with Crippen LogP contribution in [-0.2, 0) is 15.7 Å². The summed E-state index contributed by atoms with van der Waals surface area (Å²) in [5.74, 6) is -4.42. The van der Waals surface area contributed by atoms with E-state index in [2.05, 4.69) is 4.74 Å². The number of alkyl halides is 3. The van der Waals surface area contributed by atoms with Gasteiger partial charge in [-0.05, 0) is 19.1 Å². The van der Waals surface area contributed by atoms with E-state index in [9.17, 15) is 27.2 Å². The van der Waals surface area contributed by atoms with Crippen molar-refractivity contribution in [2.45, 2.75) is 13.1 Å². The van der Waals surface area contributed by atoms with E-state index >= 15 is 0 Å². The van der Waals surface area contributed by atoms with E-state index < -0.39 is 39.9 Å². The normalized spacial score (nSPS) is 11.3. The van der Waals surface area contributed by atoms with Crippen LogP contribution in [0.25, 0.3) is 0 Å². The maximum atomic E-state index is 13.4. The average Bonchev–Trinajstić information content (AvgIpc) is 2.30. The number of carbonyl (C=O) groups is 2. The van der Waals surface area contributed by atoms with Crippen molar-refractivity contribution in [1.29, 1.82) is 0 Å². The molecular formula is C11H7ClF4O3. The molecule has 0 saturated carbocycles. The minimum atomic E-state index is -4.95. The zero-order valence-electron chi connectivity index (χ0n) is 9.48. The van der Waals surface area contributed by atoms with Crippen LogP contribution < -0.4 is 0 Å². The molecule has 0 amide bonds. The summed E-state index contributed by atoms with van der Waals surface area (Å²) in [4.78, 5) is 22.6. The second-order valence-corrected chi connectivity index (χ2v) is 3.71. The predicted octanol–water partition coefficient (Wildman–Crippen LogP) is 3.24. The SMILES string of the molecule is CCOC(=O)C(=O)c1ccc(C(F)(F)F)c(F)c1Cl. The van der Waals surface area contributed by atoms with Crippen molar-refractivity contribution in [2.75, 3.05) is 6.61 Å². The zero-order chi connectivity index (χ0) is 14.8. The van der Waals surface area contributed by atoms with Crippen molar-refractivity contribution in [1.82, 2.24) is 0 Å². The van der Waals surface area contributed by atoms with Crippen molar-refractivity contribution in [3.05, 3.63) is 34.1 Å². The van der Waals surface area contributed by atoms with Gasteiger partial charge in [-0.2, -0.15) is 13.2 Å². The van der Waals surface area contributed by atoms with Gasteiger partial charge >= 0.3 is 12.1 Å². The molecule has 0 unspecified atom stereocenters. The molecule has 0 fully saturated rings. The number of hydrogen-bond donors (Lipinski definition) is 0. The van der Waals surface area contributed by atoms with Crippen LogP contribution in [0.3, 0.4) is 0 Å². The molecule has 0 atom stereocenters. The molecule has 104 valence electrons. The van der Waals surface area contributed by atoms with E-state index in [0.29, 0.717) is 12.1 Å². The molecule has 0 aliphatic carbocycles. The number of ether oxygens (including phenoxy) is 1. The minimum Gasteiger partial charge on any atom is -0.460 e. The van der Waals surface area contributed by atoms with Crippen molar-refractivity contribution >= 4 is 23.4 Å². The Kier molecular flexibility index (Phi) is 4.52. The zero-order valence-corrected chi connectivity index (χ0v) is 10.2. The lowest BCUT2D eigenvalue weighted by atomic mass is 10.1. The quantitative estimate of drug-likeness (QED) is 0.372. The molecule has 0 bridgehead atoms. The molecular weight excluding hydrogens is 292 g/mol. The van der Waals surface area contributed by atoms with E-state index in [0.717, 1.165) is 0 Å². The van der Waals surface area contributed by atoms with Crippen LogP contribution >= 0.6 is 11.6 Å². The van der Waals surface area contributed by atoms with Gasteiger partial charge < -0.3 is 4.74 Å². The van der Waals surface area contributed by atoms with E-state index in [4.69, 9.17) is 11.6 Å². The molecule has 0 spiro atoms. The van der Waals surface area contributed by atoms with Crippen LogP contribution in [0.4, 0.5) is 17.6 Å². The van der Waals surface area contributed by atoms with Gasteiger partial charge in [0, 0.05) is 0 Å². The molecule has 0 N–H and O–H groups in total. The maximum absolute atomic E-state index is 13.4. The third kappa shape index (κ3) is 3.23. The molecule has 3 nitrogen and oxygen atoms in total. The molecule has 1 aromatic rings. The first-order valence-electron chi connectivity index (χ1n) is 4.96. The van der Waals surface area contributed by atoms with Crippen molar-refractivity contribution in [3.8, 4) is 0 Å². The van der Waals surface area contributed by atoms with Gasteiger partial charge in [-0.1, -0.05) is 11.6 Å². The highest BCUT2D eigenvalue weighted by Crippen LogP contribution is 2.35. The lowest BCUT2D eigenvalue weighted by Crippen LogP contribution is -2.19. The van der Waals surface area contributed by atoms with E-state index in [1.807, 2.05) is 0 Å². The molecule has 0 saturated heterocycles. The maximum Gasteiger partial charge on any atom is 0.419 e. The van der Waals surface area contributed by atoms with Gasteiger partial charge in [0.15, 0.2) is 5.82 Å². The Morgan fingerprint density at radius 1 is 1.32 bits per heavy atom. The summed E-state index contributed by atoms with van der Waals surface area (Å²) in [5, 5.41) is -1.06. The first-order valence-corrected chi connectivity index (χ1v) is 5.34. The van der Waals surface area contributed by atoms with Gasteiger partial charge in [0.05, 0.1) is 22.8 Å². The summed E-state index contributed by atoms with van der Waals surface area (Å²) < 4.78 is 54.9. The molecule has 0 radical (unpaired) electrons. The first kappa shape index (κ1) is 15.4. The van der Waals surface area contributed by atoms with Crippen LogP contribution in [-0.4, -0.2) is 18.4 Å². The monoisotopic (exact) mass is 298 g/mol. The third-order valence-electron chi connectivity index (χ3n) is 2.09. The number of hydrogen-bond acceptors (Lipinski definition) is 3. The number of halogens is 5. The molecule has 0 aromatic heterocycles. The molecule has 0 heterocycles. The standard InChI is InChI=1S/C11H7ClF4O3/c1-2-19-10(18)9(17)5-3-4-6(11(14,15)16)8(13)7(5)12/h3-4H,2H2,1H3. The number of carbonyl (C=O) groups excluding carboxylic acids is 2. The molecule has 0 aliphatic rings. The fourth-order valence-corrected chi connectivity index (χ4v) is 1.50. The number of benzene rings is 1. The van der Waals surface area contributed by atoms with E-state index in [1.165, 1.54) is 6.92 Å². The van der Waals surface area contributed by atoms with Gasteiger partial charge in [0.2, 0.25) is 0 Å². The minimum absolute atomic E-state index is 0.106. The van der Waals surface area contributed by atoms with E-state index in [1.54, 1.807) is 0 Å². The lowest BCUT2D eigenvalue weighted by molar-refractivity contribution is -0.140. The second kappa shape index (κ2) is 5.56. The van der Waals surface area contributed by atoms with E-state index in [-0.39, 0.29) is 6.61 Å². The number of esters is 1. The third-order valence-corrected chi connectivity index (χ3v) is 2.46. The van der Waals surface area contributed by atoms with Crippen molar-refractivity contribution in [2.24, 2.45) is 0 Å². The average molecular weight is 299 g/mol. The van der Waals surface area contributed by atoms with Crippen LogP contribution in [0.2, 0.25) is 5.02 Å². The van der Waals surface area contributed by atoms with Gasteiger partial charge in [-0.25, -0.2) is 9.18 Å². The van der Waals surface area contributed by atoms with Crippen LogP contribution in [0.15, 0.2) is 12.1 Å². The molecule has 1 rings (SSSR count). The number of rotatable bonds is 3. The lowest BCUT2D eigenvalue weighted by Gasteiger charge is -2.11. The highest BCUT2D eigenvalue weighted by atomic mass is 35.5. The predicted molar refractivity (Wildman–Crippen MR) is 57.4 cm³/mol. The summed E-state index contributed by atoms with van der Waals surface area (Å²) in [6, 6.07) is 0.973. The Balaban J connectivity index is 3.24. The van der Waals surface area contributed by atoms with Gasteiger partial charge in [0.25, 0.3) is 5.78 Å². The Hall–Kier alpha value is -1.63. The fourth-order valence-electron chi connectivity index (χ4n) is 1.25. The van der Waals surface area contributed by atoms with Crippen LogP contribution in [0.1, 0.15) is 22.8 Å². The second-order valence-electron chi connectivity index (χ2n) is 3.34. The summed E-state index contributed by atoms with van der Waals surface area (Å²) in [6.45, 7) is 1.32. The summed E-state index contributed by atoms with van der Waals surface area (Å²) >= 11 is 5.34. The summed E-state index contributed by atoms with van der Waals surface area (Å²) in [5.41, 5.74) is -2.29. The summed E-state index contributed by atoms with van der Waals surface area (Å²) in [6.07, 6.45) is -4.95. The molecule has 1 aromatic carbocycles. The fraction of sp³-hybridized carbons (Fsp3) is 0.273. The van der Waals surface area contributed by atoms with Gasteiger partial charge in [-0.15, -0.1) is 0 Å². The van der Waals surface area contributed by atoms with Crippen molar-refractivity contribution < 1.29 is 31.9 Å². The smallest absolute Gasteiger partial charge is 0.419 e. The molecule has 19 heavy (non-hydrogen) atoms. The van der Waals surface area contributed by atoms with Gasteiger partial charge in [-0.3, -0.25) is 4.79 Å². The van der Waals surface area contributed by atoms with Crippen LogP contribution in [0, 0.1) is 5.82 Å². The summed E-state index contributed by atoms with van der Waals surface area (Å²) in [7, 11) is 0. The molecule has 8 heteroatoms. The highest BCUT2D eigenvalue weighted by molar-refractivity contribution is 6.45. The Bertz CT molecular complexity index is 525. The van der Waals surface area contributed by atoms with Crippen molar-refractivity contribution in [3.63, 3.8) is 0 Å². The molecule has 0 aliphatic heterocycles. The number of ketones is 1. The first-order chi connectivity index (χ1) is 8.70. The Morgan fingerprint density at radius 2 is 1.89 bits per heavy atom. The Morgan fingerprint density at radius 3 is 2.37 bits per heavy atom. The Labute approximate surface area is 110 Å². The topological polar surface area (TPSA) is 43.4 Å². The largest absolute Gasteiger partial charge is 0.460 e. The van der Waals surface area contributed by atoms with Crippen LogP contribution in [0.5, 0.6) is 0 Å². The number of Topliss-reactive ketones (excluding diaryl/α,β-unsaturated/α-hetero) is 1. The highest BCUT2D eigenvalue weighted by Gasteiger charge is 2.36. The van der Waals surface area contributed by atoms with Gasteiger partial charge in [0.1, 0.15) is 0 Å².